The lowest BCUT2D eigenvalue weighted by atomic mass is 10.3. The number of ether oxygens (including phenoxy) is 2. The quantitative estimate of drug-likeness (QED) is 0.447. The third-order valence-corrected chi connectivity index (χ3v) is 2.15. The van der Waals surface area contributed by atoms with Gasteiger partial charge in [0.15, 0.2) is 6.61 Å². The third-order valence-electron chi connectivity index (χ3n) is 2.15. The first-order valence-corrected chi connectivity index (χ1v) is 5.82. The number of nitro groups is 1. The van der Waals surface area contributed by atoms with Crippen LogP contribution in [-0.2, 0) is 14.3 Å². The van der Waals surface area contributed by atoms with Crippen LogP contribution in [0.1, 0.15) is 6.92 Å². The lowest BCUT2D eigenvalue weighted by molar-refractivity contribution is -0.384. The SMILES string of the molecule is CCOC(=O)CNC(=O)COc1ccc([N+](=O)[O-])cc1. The number of carbonyl (C=O) groups is 2. The highest BCUT2D eigenvalue weighted by atomic mass is 16.6. The molecule has 0 aliphatic carbocycles. The highest BCUT2D eigenvalue weighted by Gasteiger charge is 2.08. The Labute approximate surface area is 114 Å². The predicted octanol–water partition coefficient (Wildman–Crippen LogP) is 0.653. The molecule has 0 fully saturated rings. The van der Waals surface area contributed by atoms with Gasteiger partial charge in [-0.15, -0.1) is 0 Å². The highest BCUT2D eigenvalue weighted by Crippen LogP contribution is 2.16. The lowest BCUT2D eigenvalue weighted by Crippen LogP contribution is -2.34. The topological polar surface area (TPSA) is 108 Å². The molecule has 8 nitrogen and oxygen atoms in total. The minimum Gasteiger partial charge on any atom is -0.484 e. The Bertz CT molecular complexity index is 485. The van der Waals surface area contributed by atoms with Crippen molar-refractivity contribution in [3.63, 3.8) is 0 Å². The Morgan fingerprint density at radius 2 is 1.95 bits per heavy atom. The van der Waals surface area contributed by atoms with Gasteiger partial charge in [-0.3, -0.25) is 19.7 Å². The predicted molar refractivity (Wildman–Crippen MR) is 68.2 cm³/mol. The third kappa shape index (κ3) is 5.34. The van der Waals surface area contributed by atoms with Gasteiger partial charge < -0.3 is 14.8 Å². The summed E-state index contributed by atoms with van der Waals surface area (Å²) in [5.74, 6) is -0.700. The Hall–Kier alpha value is -2.64. The maximum Gasteiger partial charge on any atom is 0.325 e. The van der Waals surface area contributed by atoms with E-state index in [4.69, 9.17) is 4.74 Å². The normalized spacial score (nSPS) is 9.65. The summed E-state index contributed by atoms with van der Waals surface area (Å²) in [5, 5.41) is 12.8. The molecule has 8 heteroatoms. The first-order valence-electron chi connectivity index (χ1n) is 5.82. The summed E-state index contributed by atoms with van der Waals surface area (Å²) in [4.78, 5) is 32.2. The van der Waals surface area contributed by atoms with Crippen LogP contribution in [0.4, 0.5) is 5.69 Å². The smallest absolute Gasteiger partial charge is 0.325 e. The molecule has 0 unspecified atom stereocenters. The zero-order chi connectivity index (χ0) is 15.0. The second kappa shape index (κ2) is 7.72. The van der Waals surface area contributed by atoms with Crippen LogP contribution in [0, 0.1) is 10.1 Å². The van der Waals surface area contributed by atoms with Gasteiger partial charge in [0.1, 0.15) is 12.3 Å². The molecule has 0 saturated carbocycles. The Morgan fingerprint density at radius 3 is 2.50 bits per heavy atom. The first kappa shape index (κ1) is 15.4. The van der Waals surface area contributed by atoms with Crippen molar-refractivity contribution in [1.29, 1.82) is 0 Å². The van der Waals surface area contributed by atoms with Crippen LogP contribution >= 0.6 is 0 Å². The van der Waals surface area contributed by atoms with Crippen molar-refractivity contribution in [3.05, 3.63) is 34.4 Å². The lowest BCUT2D eigenvalue weighted by Gasteiger charge is -2.07. The second-order valence-electron chi connectivity index (χ2n) is 3.62. The van der Waals surface area contributed by atoms with Crippen molar-refractivity contribution >= 4 is 17.6 Å². The average molecular weight is 282 g/mol. The van der Waals surface area contributed by atoms with Crippen LogP contribution < -0.4 is 10.1 Å². The molecule has 0 aliphatic rings. The van der Waals surface area contributed by atoms with Gasteiger partial charge in [-0.2, -0.15) is 0 Å². The monoisotopic (exact) mass is 282 g/mol. The molecule has 0 saturated heterocycles. The molecule has 0 aromatic heterocycles. The number of benzene rings is 1. The molecule has 1 amide bonds. The highest BCUT2D eigenvalue weighted by molar-refractivity contribution is 5.82. The van der Waals surface area contributed by atoms with E-state index < -0.39 is 16.8 Å². The minimum absolute atomic E-state index is 0.0656. The van der Waals surface area contributed by atoms with Gasteiger partial charge in [0, 0.05) is 12.1 Å². The number of hydrogen-bond acceptors (Lipinski definition) is 6. The molecule has 0 radical (unpaired) electrons. The van der Waals surface area contributed by atoms with Gasteiger partial charge in [-0.1, -0.05) is 0 Å². The molecule has 0 atom stereocenters. The van der Waals surface area contributed by atoms with E-state index in [-0.39, 0.29) is 25.4 Å². The molecular formula is C12H14N2O6. The minimum atomic E-state index is -0.532. The summed E-state index contributed by atoms with van der Waals surface area (Å²) in [6.07, 6.45) is 0. The molecule has 20 heavy (non-hydrogen) atoms. The summed E-state index contributed by atoms with van der Waals surface area (Å²) >= 11 is 0. The molecule has 0 spiro atoms. The summed E-state index contributed by atoms with van der Waals surface area (Å²) in [5.41, 5.74) is -0.0656. The van der Waals surface area contributed by atoms with E-state index in [9.17, 15) is 19.7 Å². The number of amides is 1. The van der Waals surface area contributed by atoms with E-state index in [0.717, 1.165) is 0 Å². The van der Waals surface area contributed by atoms with Crippen LogP contribution in [-0.4, -0.2) is 36.6 Å². The Balaban J connectivity index is 2.33. The number of nitrogens with zero attached hydrogens (tertiary/aromatic N) is 1. The molecule has 1 aromatic carbocycles. The summed E-state index contributed by atoms with van der Waals surface area (Å²) < 4.78 is 9.74. The van der Waals surface area contributed by atoms with Crippen LogP contribution in [0.3, 0.4) is 0 Å². The largest absolute Gasteiger partial charge is 0.484 e. The number of non-ortho nitro benzene ring substituents is 1. The Kier molecular flexibility index (Phi) is 5.95. The van der Waals surface area contributed by atoms with Crippen LogP contribution in [0.2, 0.25) is 0 Å². The summed E-state index contributed by atoms with van der Waals surface area (Å²) in [7, 11) is 0. The zero-order valence-electron chi connectivity index (χ0n) is 10.8. The fourth-order valence-corrected chi connectivity index (χ4v) is 1.25. The number of rotatable bonds is 7. The molecule has 0 heterocycles. The molecular weight excluding hydrogens is 268 g/mol. The standard InChI is InChI=1S/C12H14N2O6/c1-2-19-12(16)7-13-11(15)8-20-10-5-3-9(4-6-10)14(17)18/h3-6H,2,7-8H2,1H3,(H,13,15). The number of esters is 1. The maximum absolute atomic E-state index is 11.3. The number of hydrogen-bond donors (Lipinski definition) is 1. The van der Waals surface area contributed by atoms with E-state index in [0.29, 0.717) is 5.75 Å². The zero-order valence-corrected chi connectivity index (χ0v) is 10.8. The Morgan fingerprint density at radius 1 is 1.30 bits per heavy atom. The first-order chi connectivity index (χ1) is 9.52. The maximum atomic E-state index is 11.3. The second-order valence-corrected chi connectivity index (χ2v) is 3.62. The van der Waals surface area contributed by atoms with Crippen molar-refractivity contribution in [2.45, 2.75) is 6.92 Å². The average Bonchev–Trinajstić information content (AvgIpc) is 2.43. The van der Waals surface area contributed by atoms with E-state index in [1.807, 2.05) is 0 Å². The van der Waals surface area contributed by atoms with Gasteiger partial charge in [-0.05, 0) is 19.1 Å². The molecule has 0 bridgehead atoms. The van der Waals surface area contributed by atoms with E-state index >= 15 is 0 Å². The van der Waals surface area contributed by atoms with Gasteiger partial charge in [0.05, 0.1) is 11.5 Å². The fourth-order valence-electron chi connectivity index (χ4n) is 1.25. The number of carbonyl (C=O) groups excluding carboxylic acids is 2. The number of nitrogens with one attached hydrogen (secondary N) is 1. The summed E-state index contributed by atoms with van der Waals surface area (Å²) in [6.45, 7) is 1.39. The van der Waals surface area contributed by atoms with Crippen LogP contribution in [0.5, 0.6) is 5.75 Å². The van der Waals surface area contributed by atoms with Crippen molar-refractivity contribution in [1.82, 2.24) is 5.32 Å². The van der Waals surface area contributed by atoms with Gasteiger partial charge in [0.2, 0.25) is 0 Å². The van der Waals surface area contributed by atoms with E-state index in [1.165, 1.54) is 24.3 Å². The fraction of sp³-hybridized carbons (Fsp3) is 0.333. The van der Waals surface area contributed by atoms with E-state index in [2.05, 4.69) is 10.1 Å². The summed E-state index contributed by atoms with van der Waals surface area (Å²) in [6, 6.07) is 5.31. The van der Waals surface area contributed by atoms with Crippen LogP contribution in [0.25, 0.3) is 0 Å². The number of nitro benzene ring substituents is 1. The van der Waals surface area contributed by atoms with Crippen molar-refractivity contribution < 1.29 is 24.0 Å². The van der Waals surface area contributed by atoms with Crippen molar-refractivity contribution in [3.8, 4) is 5.75 Å². The van der Waals surface area contributed by atoms with Gasteiger partial charge >= 0.3 is 5.97 Å². The molecule has 0 aliphatic heterocycles. The van der Waals surface area contributed by atoms with E-state index in [1.54, 1.807) is 6.92 Å². The van der Waals surface area contributed by atoms with Gasteiger partial charge in [-0.25, -0.2) is 0 Å². The van der Waals surface area contributed by atoms with Crippen LogP contribution in [0.15, 0.2) is 24.3 Å². The molecule has 1 rings (SSSR count). The molecule has 108 valence electrons. The molecule has 1 N–H and O–H groups in total. The van der Waals surface area contributed by atoms with Gasteiger partial charge in [0.25, 0.3) is 11.6 Å². The van der Waals surface area contributed by atoms with Crippen molar-refractivity contribution in [2.75, 3.05) is 19.8 Å². The molecule has 1 aromatic rings. The van der Waals surface area contributed by atoms with Crippen molar-refractivity contribution in [2.24, 2.45) is 0 Å².